The molecule has 4 rings (SSSR count). The number of aryl methyl sites for hydroxylation is 2. The van der Waals surface area contributed by atoms with Crippen LogP contribution < -0.4 is 0 Å². The van der Waals surface area contributed by atoms with Crippen molar-refractivity contribution in [1.29, 1.82) is 0 Å². The number of aromatic nitrogens is 3. The Balaban J connectivity index is 1.98. The Labute approximate surface area is 128 Å². The number of aromatic amines is 1. The van der Waals surface area contributed by atoms with E-state index in [1.54, 1.807) is 0 Å². The smallest absolute Gasteiger partial charge is 0.179 e. The first kappa shape index (κ1) is 12.8. The van der Waals surface area contributed by atoms with Gasteiger partial charge >= 0.3 is 0 Å². The summed E-state index contributed by atoms with van der Waals surface area (Å²) in [5.74, 6) is 0. The Morgan fingerprint density at radius 3 is 3.00 bits per heavy atom. The highest BCUT2D eigenvalue weighted by molar-refractivity contribution is 7.71. The van der Waals surface area contributed by atoms with E-state index in [1.165, 1.54) is 17.5 Å². The van der Waals surface area contributed by atoms with Gasteiger partial charge in [-0.25, -0.2) is 4.98 Å². The lowest BCUT2D eigenvalue weighted by Gasteiger charge is -2.26. The number of nitrogens with zero attached hydrogens (tertiary/aromatic N) is 2. The van der Waals surface area contributed by atoms with E-state index < -0.39 is 0 Å². The summed E-state index contributed by atoms with van der Waals surface area (Å²) in [6.07, 6.45) is 3.48. The number of pyridine rings is 1. The topological polar surface area (TPSA) is 33.6 Å². The molecule has 0 aliphatic heterocycles. The van der Waals surface area contributed by atoms with Crippen LogP contribution in [-0.2, 0) is 6.42 Å². The van der Waals surface area contributed by atoms with Crippen LogP contribution in [0.5, 0.6) is 0 Å². The first-order valence-electron chi connectivity index (χ1n) is 7.40. The second kappa shape index (κ2) is 4.81. The molecule has 1 N–H and O–H groups in total. The summed E-state index contributed by atoms with van der Waals surface area (Å²) in [5, 5.41) is 0. The molecule has 1 aliphatic rings. The lowest BCUT2D eigenvalue weighted by atomic mass is 9.87. The zero-order valence-corrected chi connectivity index (χ0v) is 12.8. The van der Waals surface area contributed by atoms with Crippen molar-refractivity contribution in [3.8, 4) is 0 Å². The molecule has 2 heterocycles. The van der Waals surface area contributed by atoms with Crippen molar-refractivity contribution in [2.75, 3.05) is 0 Å². The van der Waals surface area contributed by atoms with Crippen LogP contribution in [0.2, 0.25) is 0 Å². The minimum atomic E-state index is 0.297. The molecule has 0 saturated heterocycles. The van der Waals surface area contributed by atoms with E-state index in [9.17, 15) is 0 Å². The molecule has 3 aromatic rings. The lowest BCUT2D eigenvalue weighted by Crippen LogP contribution is -2.17. The molecular weight excluding hydrogens is 278 g/mol. The Kier molecular flexibility index (Phi) is 2.93. The van der Waals surface area contributed by atoms with E-state index in [1.807, 2.05) is 13.0 Å². The standard InChI is InChI=1S/C17H17N3S/c1-11-9-10-14-16(18-11)20(17(21)19-14)15-8-4-6-12-5-2-3-7-13(12)15/h2-3,5,7,9-10,15H,4,6,8H2,1H3,(H,19,21). The average Bonchev–Trinajstić information content (AvgIpc) is 2.82. The maximum absolute atomic E-state index is 5.57. The van der Waals surface area contributed by atoms with Gasteiger partial charge in [0.05, 0.1) is 11.6 Å². The normalized spacial score (nSPS) is 17.9. The molecule has 1 aliphatic carbocycles. The van der Waals surface area contributed by atoms with Gasteiger partial charge in [-0.3, -0.25) is 4.57 Å². The molecule has 4 heteroatoms. The largest absolute Gasteiger partial charge is 0.329 e. The van der Waals surface area contributed by atoms with Crippen LogP contribution in [0.1, 0.15) is 35.7 Å². The summed E-state index contributed by atoms with van der Waals surface area (Å²) in [6.45, 7) is 2.02. The number of nitrogens with one attached hydrogen (secondary N) is 1. The molecule has 21 heavy (non-hydrogen) atoms. The van der Waals surface area contributed by atoms with Crippen molar-refractivity contribution >= 4 is 23.4 Å². The van der Waals surface area contributed by atoms with Gasteiger partial charge in [-0.1, -0.05) is 24.3 Å². The fraction of sp³-hybridized carbons (Fsp3) is 0.294. The van der Waals surface area contributed by atoms with Crippen LogP contribution in [0.25, 0.3) is 11.2 Å². The highest BCUT2D eigenvalue weighted by atomic mass is 32.1. The predicted octanol–water partition coefficient (Wildman–Crippen LogP) is 4.33. The fourth-order valence-electron chi connectivity index (χ4n) is 3.38. The van der Waals surface area contributed by atoms with Gasteiger partial charge in [-0.05, 0) is 61.7 Å². The summed E-state index contributed by atoms with van der Waals surface area (Å²) in [7, 11) is 0. The molecule has 3 nitrogen and oxygen atoms in total. The third-order valence-corrected chi connectivity index (χ3v) is 4.65. The van der Waals surface area contributed by atoms with Gasteiger partial charge in [0, 0.05) is 5.69 Å². The fourth-order valence-corrected chi connectivity index (χ4v) is 3.71. The average molecular weight is 295 g/mol. The van der Waals surface area contributed by atoms with Crippen molar-refractivity contribution in [1.82, 2.24) is 14.5 Å². The molecular formula is C17H17N3S. The summed E-state index contributed by atoms with van der Waals surface area (Å²) < 4.78 is 2.97. The van der Waals surface area contributed by atoms with Gasteiger partial charge in [0.15, 0.2) is 10.4 Å². The molecule has 0 bridgehead atoms. The number of hydrogen-bond acceptors (Lipinski definition) is 2. The Hall–Kier alpha value is -1.94. The van der Waals surface area contributed by atoms with Crippen LogP contribution in [0.3, 0.4) is 0 Å². The molecule has 0 spiro atoms. The SMILES string of the molecule is Cc1ccc2[nH]c(=S)n(C3CCCc4ccccc43)c2n1. The summed E-state index contributed by atoms with van der Waals surface area (Å²) in [5.41, 5.74) is 5.85. The molecule has 0 fully saturated rings. The van der Waals surface area contributed by atoms with Crippen LogP contribution in [0.4, 0.5) is 0 Å². The van der Waals surface area contributed by atoms with E-state index >= 15 is 0 Å². The van der Waals surface area contributed by atoms with Crippen molar-refractivity contribution < 1.29 is 0 Å². The maximum atomic E-state index is 5.57. The monoisotopic (exact) mass is 295 g/mol. The molecule has 0 saturated carbocycles. The quantitative estimate of drug-likeness (QED) is 0.678. The van der Waals surface area contributed by atoms with E-state index in [0.717, 1.165) is 34.5 Å². The molecule has 0 radical (unpaired) electrons. The first-order valence-corrected chi connectivity index (χ1v) is 7.80. The van der Waals surface area contributed by atoms with E-state index in [2.05, 4.69) is 39.9 Å². The van der Waals surface area contributed by atoms with Crippen molar-refractivity contribution in [3.63, 3.8) is 0 Å². The van der Waals surface area contributed by atoms with Gasteiger partial charge in [0.25, 0.3) is 0 Å². The molecule has 0 amide bonds. The number of imidazole rings is 1. The second-order valence-corrected chi connectivity index (χ2v) is 6.12. The van der Waals surface area contributed by atoms with E-state index in [-0.39, 0.29) is 0 Å². The number of fused-ring (bicyclic) bond motifs is 2. The third kappa shape index (κ3) is 2.02. The molecule has 1 unspecified atom stereocenters. The second-order valence-electron chi connectivity index (χ2n) is 5.73. The minimum absolute atomic E-state index is 0.297. The van der Waals surface area contributed by atoms with Crippen molar-refractivity contribution in [2.45, 2.75) is 32.2 Å². The number of hydrogen-bond donors (Lipinski definition) is 1. The zero-order valence-electron chi connectivity index (χ0n) is 12.0. The summed E-state index contributed by atoms with van der Waals surface area (Å²) in [4.78, 5) is 8.01. The van der Waals surface area contributed by atoms with Gasteiger partial charge < -0.3 is 4.98 Å². The van der Waals surface area contributed by atoms with Crippen molar-refractivity contribution in [2.24, 2.45) is 0 Å². The Bertz CT molecular complexity index is 875. The molecule has 1 atom stereocenters. The van der Waals surface area contributed by atoms with E-state index in [0.29, 0.717) is 6.04 Å². The summed E-state index contributed by atoms with van der Waals surface area (Å²) in [6, 6.07) is 13.1. The molecule has 2 aromatic heterocycles. The van der Waals surface area contributed by atoms with Crippen LogP contribution in [0.15, 0.2) is 36.4 Å². The Morgan fingerprint density at radius 2 is 2.10 bits per heavy atom. The number of rotatable bonds is 1. The van der Waals surface area contributed by atoms with E-state index in [4.69, 9.17) is 17.2 Å². The predicted molar refractivity (Wildman–Crippen MR) is 87.2 cm³/mol. The Morgan fingerprint density at radius 1 is 1.24 bits per heavy atom. The minimum Gasteiger partial charge on any atom is -0.329 e. The first-order chi connectivity index (χ1) is 10.2. The lowest BCUT2D eigenvalue weighted by molar-refractivity contribution is 0.493. The van der Waals surface area contributed by atoms with Crippen LogP contribution in [0, 0.1) is 11.7 Å². The zero-order chi connectivity index (χ0) is 14.4. The highest BCUT2D eigenvalue weighted by Gasteiger charge is 2.24. The van der Waals surface area contributed by atoms with Crippen LogP contribution in [-0.4, -0.2) is 14.5 Å². The molecule has 106 valence electrons. The van der Waals surface area contributed by atoms with Gasteiger partial charge in [-0.15, -0.1) is 0 Å². The van der Waals surface area contributed by atoms with Crippen LogP contribution >= 0.6 is 12.2 Å². The maximum Gasteiger partial charge on any atom is 0.179 e. The van der Waals surface area contributed by atoms with Gasteiger partial charge in [-0.2, -0.15) is 0 Å². The highest BCUT2D eigenvalue weighted by Crippen LogP contribution is 2.34. The number of H-pyrrole nitrogens is 1. The van der Waals surface area contributed by atoms with Crippen molar-refractivity contribution in [3.05, 3.63) is 58.0 Å². The van der Waals surface area contributed by atoms with Gasteiger partial charge in [0.1, 0.15) is 0 Å². The molecule has 1 aromatic carbocycles. The summed E-state index contributed by atoms with van der Waals surface area (Å²) >= 11 is 5.57. The third-order valence-electron chi connectivity index (χ3n) is 4.35. The van der Waals surface area contributed by atoms with Gasteiger partial charge in [0.2, 0.25) is 0 Å². The number of benzene rings is 1.